The fourth-order valence-electron chi connectivity index (χ4n) is 2.47. The molecule has 1 atom stereocenters. The largest absolute Gasteiger partial charge is 0.507 e. The zero-order chi connectivity index (χ0) is 23.7. The van der Waals surface area contributed by atoms with Gasteiger partial charge in [-0.2, -0.15) is 0 Å². The van der Waals surface area contributed by atoms with Crippen LogP contribution >= 0.6 is 11.6 Å². The van der Waals surface area contributed by atoms with E-state index >= 15 is 0 Å². The molecule has 0 saturated carbocycles. The minimum Gasteiger partial charge on any atom is -0.507 e. The minimum absolute atomic E-state index is 0.0577. The molecule has 4 N–H and O–H groups in total. The predicted octanol–water partition coefficient (Wildman–Crippen LogP) is 1.54. The summed E-state index contributed by atoms with van der Waals surface area (Å²) in [7, 11) is -3.44. The fraction of sp³-hybridized carbons (Fsp3) is 0.250. The molecule has 0 radical (unpaired) electrons. The quantitative estimate of drug-likeness (QED) is 0.415. The van der Waals surface area contributed by atoms with E-state index in [1.54, 1.807) is 30.3 Å². The lowest BCUT2D eigenvalue weighted by Gasteiger charge is -2.18. The van der Waals surface area contributed by atoms with Crippen LogP contribution in [0.1, 0.15) is 22.3 Å². The van der Waals surface area contributed by atoms with Gasteiger partial charge in [0.2, 0.25) is 0 Å². The van der Waals surface area contributed by atoms with E-state index in [4.69, 9.17) is 16.3 Å². The van der Waals surface area contributed by atoms with Crippen molar-refractivity contribution in [1.29, 1.82) is 0 Å². The summed E-state index contributed by atoms with van der Waals surface area (Å²) < 4.78 is 28.0. The summed E-state index contributed by atoms with van der Waals surface area (Å²) in [5, 5.41) is 12.2. The van der Waals surface area contributed by atoms with Gasteiger partial charge in [0.1, 0.15) is 28.2 Å². The van der Waals surface area contributed by atoms with E-state index in [2.05, 4.69) is 16.2 Å². The second-order valence-electron chi connectivity index (χ2n) is 6.78. The number of carbonyl (C=O) groups is 3. The first kappa shape index (κ1) is 25.0. The number of hydrogen-bond acceptors (Lipinski definition) is 7. The number of hydrazine groups is 1. The van der Waals surface area contributed by atoms with Gasteiger partial charge in [-0.15, -0.1) is 0 Å². The molecule has 1 unspecified atom stereocenters. The molecule has 32 heavy (non-hydrogen) atoms. The standard InChI is InChI=1S/C20H22ClN3O7S/c1-32(29,30)10-9-16(22-20(28)31-12-13-5-3-2-4-6-13)19(27)24-23-18(26)15-11-14(21)7-8-17(15)25/h2-8,11,16,25H,9-10,12H2,1H3,(H,22,28)(H,23,26)(H,24,27). The molecule has 2 aromatic rings. The first-order chi connectivity index (χ1) is 15.0. The van der Waals surface area contributed by atoms with E-state index in [0.29, 0.717) is 5.56 Å². The maximum Gasteiger partial charge on any atom is 0.408 e. The summed E-state index contributed by atoms with van der Waals surface area (Å²) in [6.07, 6.45) is -0.218. The number of amides is 3. The Hall–Kier alpha value is -3.31. The van der Waals surface area contributed by atoms with Crippen LogP contribution in [0.2, 0.25) is 5.02 Å². The van der Waals surface area contributed by atoms with Gasteiger partial charge in [0.25, 0.3) is 11.8 Å². The summed E-state index contributed by atoms with van der Waals surface area (Å²) >= 11 is 5.79. The third kappa shape index (κ3) is 8.44. The van der Waals surface area contributed by atoms with Gasteiger partial charge < -0.3 is 15.2 Å². The number of nitrogens with one attached hydrogen (secondary N) is 3. The van der Waals surface area contributed by atoms with Crippen molar-refractivity contribution in [1.82, 2.24) is 16.2 Å². The Kier molecular flexibility index (Phi) is 8.85. The van der Waals surface area contributed by atoms with Crippen molar-refractivity contribution in [2.45, 2.75) is 19.1 Å². The first-order valence-corrected chi connectivity index (χ1v) is 11.7. The van der Waals surface area contributed by atoms with E-state index in [1.165, 1.54) is 18.2 Å². The van der Waals surface area contributed by atoms with Gasteiger partial charge in [-0.05, 0) is 30.2 Å². The SMILES string of the molecule is CS(=O)(=O)CCC(NC(=O)OCc1ccccc1)C(=O)NNC(=O)c1cc(Cl)ccc1O. The van der Waals surface area contributed by atoms with E-state index < -0.39 is 39.5 Å². The minimum atomic E-state index is -3.44. The van der Waals surface area contributed by atoms with Gasteiger partial charge in [-0.25, -0.2) is 13.2 Å². The maximum atomic E-state index is 12.5. The van der Waals surface area contributed by atoms with Crippen molar-refractivity contribution in [3.05, 3.63) is 64.7 Å². The van der Waals surface area contributed by atoms with Gasteiger partial charge in [0.05, 0.1) is 11.3 Å². The average molecular weight is 484 g/mol. The highest BCUT2D eigenvalue weighted by Gasteiger charge is 2.24. The Bertz CT molecular complexity index is 1080. The Morgan fingerprint density at radius 1 is 1.09 bits per heavy atom. The Labute approximate surface area is 189 Å². The van der Waals surface area contributed by atoms with Crippen molar-refractivity contribution in [2.24, 2.45) is 0 Å². The monoisotopic (exact) mass is 483 g/mol. The third-order valence-corrected chi connectivity index (χ3v) is 5.31. The van der Waals surface area contributed by atoms with Crippen molar-refractivity contribution in [3.8, 4) is 5.75 Å². The van der Waals surface area contributed by atoms with E-state index in [1.807, 2.05) is 0 Å². The lowest BCUT2D eigenvalue weighted by molar-refractivity contribution is -0.123. The summed E-state index contributed by atoms with van der Waals surface area (Å²) in [6.45, 7) is -0.0577. The zero-order valence-corrected chi connectivity index (χ0v) is 18.6. The predicted molar refractivity (Wildman–Crippen MR) is 117 cm³/mol. The van der Waals surface area contributed by atoms with Crippen molar-refractivity contribution in [3.63, 3.8) is 0 Å². The second-order valence-corrected chi connectivity index (χ2v) is 9.48. The number of hydrogen-bond donors (Lipinski definition) is 4. The highest BCUT2D eigenvalue weighted by atomic mass is 35.5. The van der Waals surface area contributed by atoms with Crippen LogP contribution in [0.4, 0.5) is 4.79 Å². The second kappa shape index (κ2) is 11.3. The van der Waals surface area contributed by atoms with Crippen LogP contribution in [-0.2, 0) is 26.0 Å². The zero-order valence-electron chi connectivity index (χ0n) is 17.0. The molecule has 2 rings (SSSR count). The molecule has 0 heterocycles. The molecule has 0 bridgehead atoms. The molecule has 0 aliphatic carbocycles. The van der Waals surface area contributed by atoms with E-state index in [-0.39, 0.29) is 29.4 Å². The number of carbonyl (C=O) groups excluding carboxylic acids is 3. The van der Waals surface area contributed by atoms with Crippen LogP contribution in [0.25, 0.3) is 0 Å². The average Bonchev–Trinajstić information content (AvgIpc) is 2.75. The molecule has 3 amide bonds. The highest BCUT2D eigenvalue weighted by molar-refractivity contribution is 7.90. The lowest BCUT2D eigenvalue weighted by atomic mass is 10.2. The molecule has 10 nitrogen and oxygen atoms in total. The molecule has 0 aliphatic rings. The van der Waals surface area contributed by atoms with Gasteiger partial charge >= 0.3 is 6.09 Å². The number of phenols is 1. The summed E-state index contributed by atoms with van der Waals surface area (Å²) in [5.74, 6) is -2.52. The maximum absolute atomic E-state index is 12.5. The molecule has 0 aliphatic heterocycles. The molecular formula is C20H22ClN3O7S. The van der Waals surface area contributed by atoms with E-state index in [9.17, 15) is 27.9 Å². The van der Waals surface area contributed by atoms with Gasteiger partial charge in [-0.3, -0.25) is 20.4 Å². The summed E-state index contributed by atoms with van der Waals surface area (Å²) in [6, 6.07) is 11.3. The summed E-state index contributed by atoms with van der Waals surface area (Å²) in [4.78, 5) is 36.8. The summed E-state index contributed by atoms with van der Waals surface area (Å²) in [5.41, 5.74) is 4.68. The lowest BCUT2D eigenvalue weighted by Crippen LogP contribution is -2.52. The van der Waals surface area contributed by atoms with Gasteiger partial charge in [0.15, 0.2) is 0 Å². The number of aromatic hydroxyl groups is 1. The molecular weight excluding hydrogens is 462 g/mol. The molecule has 0 spiro atoms. The smallest absolute Gasteiger partial charge is 0.408 e. The van der Waals surface area contributed by atoms with Crippen LogP contribution in [0.3, 0.4) is 0 Å². The molecule has 0 aromatic heterocycles. The van der Waals surface area contributed by atoms with E-state index in [0.717, 1.165) is 6.26 Å². The van der Waals surface area contributed by atoms with Crippen molar-refractivity contribution >= 4 is 39.3 Å². The number of sulfone groups is 1. The van der Waals surface area contributed by atoms with Crippen LogP contribution in [-0.4, -0.2) is 49.5 Å². The number of benzene rings is 2. The van der Waals surface area contributed by atoms with Crippen molar-refractivity contribution < 1.29 is 32.6 Å². The highest BCUT2D eigenvalue weighted by Crippen LogP contribution is 2.21. The fourth-order valence-corrected chi connectivity index (χ4v) is 3.31. The van der Waals surface area contributed by atoms with Crippen LogP contribution in [0.15, 0.2) is 48.5 Å². The molecule has 2 aromatic carbocycles. The molecule has 12 heteroatoms. The number of phenolic OH excluding ortho intramolecular Hbond substituents is 1. The Morgan fingerprint density at radius 2 is 1.78 bits per heavy atom. The van der Waals surface area contributed by atoms with Crippen LogP contribution in [0, 0.1) is 0 Å². The number of ether oxygens (including phenoxy) is 1. The molecule has 0 saturated heterocycles. The third-order valence-electron chi connectivity index (χ3n) is 4.10. The van der Waals surface area contributed by atoms with Crippen LogP contribution < -0.4 is 16.2 Å². The topological polar surface area (TPSA) is 151 Å². The number of rotatable bonds is 8. The molecule has 0 fully saturated rings. The van der Waals surface area contributed by atoms with Gasteiger partial charge in [0, 0.05) is 11.3 Å². The number of halogens is 1. The number of alkyl carbamates (subject to hydrolysis) is 1. The van der Waals surface area contributed by atoms with Crippen LogP contribution in [0.5, 0.6) is 5.75 Å². The van der Waals surface area contributed by atoms with Gasteiger partial charge in [-0.1, -0.05) is 41.9 Å². The normalized spacial score (nSPS) is 11.8. The molecule has 172 valence electrons. The van der Waals surface area contributed by atoms with Crippen molar-refractivity contribution in [2.75, 3.05) is 12.0 Å². The Morgan fingerprint density at radius 3 is 2.44 bits per heavy atom. The first-order valence-electron chi connectivity index (χ1n) is 9.29. The Balaban J connectivity index is 1.99.